The fourth-order valence-corrected chi connectivity index (χ4v) is 1.49. The number of halogens is 3. The molecule has 0 bridgehead atoms. The van der Waals surface area contributed by atoms with Crippen LogP contribution in [0.4, 0.5) is 13.2 Å². The number of amides is 1. The molecule has 0 unspecified atom stereocenters. The van der Waals surface area contributed by atoms with Crippen LogP contribution < -0.4 is 10.1 Å². The molecular weight excluding hydrogens is 247 g/mol. The summed E-state index contributed by atoms with van der Waals surface area (Å²) < 4.78 is 40.8. The number of carbonyl (C=O) groups excluding carboxylic acids is 1. The molecule has 0 aromatic heterocycles. The first-order chi connectivity index (χ1) is 8.45. The minimum Gasteiger partial charge on any atom is -0.496 e. The lowest BCUT2D eigenvalue weighted by Gasteiger charge is -2.09. The summed E-state index contributed by atoms with van der Waals surface area (Å²) in [5.74, 6) is -1.21. The smallest absolute Gasteiger partial charge is 0.471 e. The number of aryl methyl sites for hydroxylation is 1. The number of methoxy groups -OCH3 is 1. The molecule has 3 nitrogen and oxygen atoms in total. The van der Waals surface area contributed by atoms with E-state index in [1.807, 2.05) is 23.5 Å². The summed E-state index contributed by atoms with van der Waals surface area (Å²) >= 11 is 0. The Bertz CT molecular complexity index is 405. The molecule has 0 aliphatic rings. The number of carbonyl (C=O) groups is 1. The van der Waals surface area contributed by atoms with Gasteiger partial charge in [0.1, 0.15) is 5.75 Å². The van der Waals surface area contributed by atoms with Crippen molar-refractivity contribution in [1.82, 2.24) is 5.32 Å². The van der Waals surface area contributed by atoms with Gasteiger partial charge in [-0.15, -0.1) is 0 Å². The van der Waals surface area contributed by atoms with Crippen LogP contribution in [0.5, 0.6) is 5.75 Å². The Morgan fingerprint density at radius 2 is 2.00 bits per heavy atom. The van der Waals surface area contributed by atoms with Crippen molar-refractivity contribution in [2.45, 2.75) is 19.0 Å². The lowest BCUT2D eigenvalue weighted by molar-refractivity contribution is -0.173. The van der Waals surface area contributed by atoms with Gasteiger partial charge >= 0.3 is 12.1 Å². The summed E-state index contributed by atoms with van der Waals surface area (Å²) in [6.07, 6.45) is -3.85. The minimum atomic E-state index is -4.82. The van der Waals surface area contributed by atoms with E-state index in [4.69, 9.17) is 4.74 Å². The number of nitrogens with one attached hydrogen (secondary N) is 1. The van der Waals surface area contributed by atoms with Gasteiger partial charge < -0.3 is 10.1 Å². The molecule has 0 saturated carbocycles. The predicted octanol–water partition coefficient (Wildman–Crippen LogP) is 2.31. The van der Waals surface area contributed by atoms with E-state index in [9.17, 15) is 18.0 Å². The van der Waals surface area contributed by atoms with Crippen molar-refractivity contribution in [1.29, 1.82) is 0 Å². The largest absolute Gasteiger partial charge is 0.496 e. The molecule has 1 aromatic rings. The lowest BCUT2D eigenvalue weighted by atomic mass is 10.1. The zero-order chi connectivity index (χ0) is 13.6. The van der Waals surface area contributed by atoms with Crippen LogP contribution in [0.15, 0.2) is 24.3 Å². The Kier molecular flexibility index (Phi) is 5.00. The average molecular weight is 261 g/mol. The normalized spacial score (nSPS) is 11.1. The van der Waals surface area contributed by atoms with Gasteiger partial charge in [0, 0.05) is 6.54 Å². The SMILES string of the molecule is COc1ccccc1CCCNC(=O)C(F)(F)F. The first kappa shape index (κ1) is 14.3. The summed E-state index contributed by atoms with van der Waals surface area (Å²) in [6.45, 7) is -0.0175. The maximum atomic E-state index is 11.9. The van der Waals surface area contributed by atoms with Crippen LogP contribution in [0.25, 0.3) is 0 Å². The molecule has 18 heavy (non-hydrogen) atoms. The van der Waals surface area contributed by atoms with Crippen molar-refractivity contribution in [3.05, 3.63) is 29.8 Å². The molecule has 1 amide bonds. The molecule has 0 heterocycles. The summed E-state index contributed by atoms with van der Waals surface area (Å²) in [7, 11) is 1.53. The van der Waals surface area contributed by atoms with Crippen LogP contribution in [0.3, 0.4) is 0 Å². The molecule has 1 aromatic carbocycles. The summed E-state index contributed by atoms with van der Waals surface area (Å²) in [5, 5.41) is 1.83. The second-order valence-electron chi connectivity index (χ2n) is 3.67. The van der Waals surface area contributed by atoms with E-state index in [2.05, 4.69) is 0 Å². The quantitative estimate of drug-likeness (QED) is 0.826. The van der Waals surface area contributed by atoms with Gasteiger partial charge in [-0.3, -0.25) is 4.79 Å². The molecule has 1 N–H and O–H groups in total. The van der Waals surface area contributed by atoms with Crippen molar-refractivity contribution < 1.29 is 22.7 Å². The van der Waals surface area contributed by atoms with Gasteiger partial charge in [-0.1, -0.05) is 18.2 Å². The monoisotopic (exact) mass is 261 g/mol. The van der Waals surface area contributed by atoms with Crippen LogP contribution in [0, 0.1) is 0 Å². The van der Waals surface area contributed by atoms with Gasteiger partial charge in [-0.25, -0.2) is 0 Å². The number of benzene rings is 1. The van der Waals surface area contributed by atoms with Gasteiger partial charge in [-0.05, 0) is 24.5 Å². The topological polar surface area (TPSA) is 38.3 Å². The zero-order valence-electron chi connectivity index (χ0n) is 9.88. The van der Waals surface area contributed by atoms with Crippen molar-refractivity contribution in [3.63, 3.8) is 0 Å². The Morgan fingerprint density at radius 3 is 2.61 bits per heavy atom. The van der Waals surface area contributed by atoms with E-state index in [1.165, 1.54) is 7.11 Å². The van der Waals surface area contributed by atoms with Gasteiger partial charge in [0.15, 0.2) is 0 Å². The minimum absolute atomic E-state index is 0.0175. The number of para-hydroxylation sites is 1. The van der Waals surface area contributed by atoms with E-state index in [1.54, 1.807) is 6.07 Å². The van der Waals surface area contributed by atoms with Gasteiger partial charge in [-0.2, -0.15) is 13.2 Å². The molecule has 0 aliphatic heterocycles. The van der Waals surface area contributed by atoms with Crippen LogP contribution >= 0.6 is 0 Å². The van der Waals surface area contributed by atoms with Gasteiger partial charge in [0.2, 0.25) is 0 Å². The molecular formula is C12H14F3NO2. The van der Waals surface area contributed by atoms with E-state index >= 15 is 0 Å². The molecule has 100 valence electrons. The average Bonchev–Trinajstić information content (AvgIpc) is 2.33. The number of rotatable bonds is 5. The third kappa shape index (κ3) is 4.27. The highest BCUT2D eigenvalue weighted by Crippen LogP contribution is 2.18. The highest BCUT2D eigenvalue weighted by atomic mass is 19.4. The first-order valence-electron chi connectivity index (χ1n) is 5.42. The Balaban J connectivity index is 2.36. The number of alkyl halides is 3. The zero-order valence-corrected chi connectivity index (χ0v) is 9.88. The highest BCUT2D eigenvalue weighted by Gasteiger charge is 2.38. The number of hydrogen-bond acceptors (Lipinski definition) is 2. The molecule has 1 rings (SSSR count). The van der Waals surface area contributed by atoms with E-state index in [0.717, 1.165) is 5.56 Å². The fraction of sp³-hybridized carbons (Fsp3) is 0.417. The van der Waals surface area contributed by atoms with Crippen LogP contribution in [-0.4, -0.2) is 25.7 Å². The third-order valence-electron chi connectivity index (χ3n) is 2.36. The molecule has 0 aliphatic carbocycles. The van der Waals surface area contributed by atoms with E-state index in [0.29, 0.717) is 18.6 Å². The molecule has 0 atom stereocenters. The van der Waals surface area contributed by atoms with Gasteiger partial charge in [0.25, 0.3) is 0 Å². The Morgan fingerprint density at radius 1 is 1.33 bits per heavy atom. The number of ether oxygens (including phenoxy) is 1. The summed E-state index contributed by atoms with van der Waals surface area (Å²) in [6, 6.07) is 7.26. The maximum absolute atomic E-state index is 11.9. The molecule has 0 spiro atoms. The lowest BCUT2D eigenvalue weighted by Crippen LogP contribution is -2.37. The second-order valence-corrected chi connectivity index (χ2v) is 3.67. The van der Waals surface area contributed by atoms with Crippen LogP contribution in [0.1, 0.15) is 12.0 Å². The Labute approximate surface area is 103 Å². The van der Waals surface area contributed by atoms with Crippen LogP contribution in [-0.2, 0) is 11.2 Å². The fourth-order valence-electron chi connectivity index (χ4n) is 1.49. The van der Waals surface area contributed by atoms with Gasteiger partial charge in [0.05, 0.1) is 7.11 Å². The van der Waals surface area contributed by atoms with Crippen molar-refractivity contribution in [3.8, 4) is 5.75 Å². The first-order valence-corrected chi connectivity index (χ1v) is 5.42. The molecule has 0 fully saturated rings. The summed E-state index contributed by atoms with van der Waals surface area (Å²) in [4.78, 5) is 10.5. The highest BCUT2D eigenvalue weighted by molar-refractivity contribution is 5.81. The molecule has 0 radical (unpaired) electrons. The predicted molar refractivity (Wildman–Crippen MR) is 60.4 cm³/mol. The standard InChI is InChI=1S/C12H14F3NO2/c1-18-10-7-3-2-5-9(10)6-4-8-16-11(17)12(13,14)15/h2-3,5,7H,4,6,8H2,1H3,(H,16,17). The van der Waals surface area contributed by atoms with Crippen molar-refractivity contribution >= 4 is 5.91 Å². The molecule has 6 heteroatoms. The van der Waals surface area contributed by atoms with Crippen LogP contribution in [0.2, 0.25) is 0 Å². The summed E-state index contributed by atoms with van der Waals surface area (Å²) in [5.41, 5.74) is 0.904. The van der Waals surface area contributed by atoms with Crippen molar-refractivity contribution in [2.24, 2.45) is 0 Å². The second kappa shape index (κ2) is 6.28. The maximum Gasteiger partial charge on any atom is 0.471 e. The third-order valence-corrected chi connectivity index (χ3v) is 2.36. The Hall–Kier alpha value is -1.72. The number of hydrogen-bond donors (Lipinski definition) is 1. The molecule has 0 saturated heterocycles. The van der Waals surface area contributed by atoms with E-state index in [-0.39, 0.29) is 6.54 Å². The van der Waals surface area contributed by atoms with Crippen molar-refractivity contribution in [2.75, 3.05) is 13.7 Å². The van der Waals surface area contributed by atoms with E-state index < -0.39 is 12.1 Å².